The van der Waals surface area contributed by atoms with Gasteiger partial charge in [-0.1, -0.05) is 30.3 Å². The van der Waals surface area contributed by atoms with Crippen LogP contribution in [0.5, 0.6) is 5.75 Å². The topological polar surface area (TPSA) is 62.3 Å². The first-order chi connectivity index (χ1) is 10.2. The fraction of sp³-hybridized carbons (Fsp3) is 0.235. The lowest BCUT2D eigenvalue weighted by atomic mass is 10.1. The smallest absolute Gasteiger partial charge is 0.119 e. The lowest BCUT2D eigenvalue weighted by Gasteiger charge is -2.25. The van der Waals surface area contributed by atoms with E-state index in [2.05, 4.69) is 23.1 Å². The van der Waals surface area contributed by atoms with Gasteiger partial charge in [0.05, 0.1) is 12.9 Å². The Hall–Kier alpha value is -2.49. The first-order valence-corrected chi connectivity index (χ1v) is 6.95. The van der Waals surface area contributed by atoms with Crippen molar-refractivity contribution in [2.24, 2.45) is 5.73 Å². The van der Waals surface area contributed by atoms with Gasteiger partial charge in [-0.2, -0.15) is 0 Å². The number of amidine groups is 1. The summed E-state index contributed by atoms with van der Waals surface area (Å²) in [6, 6.07) is 18.2. The van der Waals surface area contributed by atoms with E-state index >= 15 is 0 Å². The van der Waals surface area contributed by atoms with Crippen molar-refractivity contribution >= 4 is 11.5 Å². The molecule has 0 amide bonds. The number of hydrogen-bond donors (Lipinski definition) is 2. The predicted molar refractivity (Wildman–Crippen MR) is 87.0 cm³/mol. The minimum absolute atomic E-state index is 0.210. The van der Waals surface area contributed by atoms with Gasteiger partial charge in [-0.05, 0) is 29.8 Å². The van der Waals surface area contributed by atoms with E-state index in [0.717, 1.165) is 24.5 Å². The maximum atomic E-state index is 7.42. The van der Waals surface area contributed by atoms with Crippen molar-refractivity contribution in [1.82, 2.24) is 0 Å². The lowest BCUT2D eigenvalue weighted by molar-refractivity contribution is 0.414. The maximum absolute atomic E-state index is 7.42. The number of ether oxygens (including phenoxy) is 1. The highest BCUT2D eigenvalue weighted by atomic mass is 16.5. The molecule has 0 aromatic heterocycles. The third-order valence-corrected chi connectivity index (χ3v) is 3.28. The average Bonchev–Trinajstić information content (AvgIpc) is 2.52. The van der Waals surface area contributed by atoms with Crippen molar-refractivity contribution in [1.29, 1.82) is 5.41 Å². The number of nitrogens with one attached hydrogen (secondary N) is 1. The molecule has 2 aromatic rings. The quantitative estimate of drug-likeness (QED) is 0.606. The molecule has 0 fully saturated rings. The Balaban J connectivity index is 2.16. The number of methoxy groups -OCH3 is 1. The molecule has 0 aliphatic rings. The molecule has 0 aliphatic heterocycles. The zero-order valence-corrected chi connectivity index (χ0v) is 12.3. The van der Waals surface area contributed by atoms with Gasteiger partial charge in [0.25, 0.3) is 0 Å². The fourth-order valence-corrected chi connectivity index (χ4v) is 2.18. The Morgan fingerprint density at radius 1 is 1.14 bits per heavy atom. The van der Waals surface area contributed by atoms with E-state index in [1.54, 1.807) is 7.11 Å². The molecular weight excluding hydrogens is 262 g/mol. The third-order valence-electron chi connectivity index (χ3n) is 3.28. The molecule has 4 heteroatoms. The van der Waals surface area contributed by atoms with Crippen LogP contribution in [0.2, 0.25) is 0 Å². The lowest BCUT2D eigenvalue weighted by Crippen LogP contribution is -2.27. The van der Waals surface area contributed by atoms with Crippen LogP contribution in [-0.2, 0) is 6.54 Å². The van der Waals surface area contributed by atoms with E-state index < -0.39 is 0 Å². The molecule has 110 valence electrons. The van der Waals surface area contributed by atoms with E-state index in [4.69, 9.17) is 15.9 Å². The summed E-state index contributed by atoms with van der Waals surface area (Å²) in [7, 11) is 1.67. The number of para-hydroxylation sites is 1. The molecule has 0 radical (unpaired) electrons. The molecule has 3 N–H and O–H groups in total. The van der Waals surface area contributed by atoms with Crippen LogP contribution in [0.1, 0.15) is 12.0 Å². The summed E-state index contributed by atoms with van der Waals surface area (Å²) in [5.41, 5.74) is 7.79. The largest absolute Gasteiger partial charge is 0.497 e. The molecule has 0 saturated carbocycles. The molecule has 21 heavy (non-hydrogen) atoms. The second-order valence-corrected chi connectivity index (χ2v) is 4.88. The number of anilines is 1. The minimum atomic E-state index is 0.210. The van der Waals surface area contributed by atoms with Gasteiger partial charge in [0.1, 0.15) is 5.75 Å². The van der Waals surface area contributed by atoms with Gasteiger partial charge >= 0.3 is 0 Å². The summed E-state index contributed by atoms with van der Waals surface area (Å²) in [4.78, 5) is 2.22. The van der Waals surface area contributed by atoms with Crippen LogP contribution in [0, 0.1) is 5.41 Å². The molecule has 2 aromatic carbocycles. The first-order valence-electron chi connectivity index (χ1n) is 6.95. The van der Waals surface area contributed by atoms with E-state index in [0.29, 0.717) is 6.42 Å². The molecule has 0 atom stereocenters. The van der Waals surface area contributed by atoms with Gasteiger partial charge in [-0.15, -0.1) is 0 Å². The number of rotatable bonds is 7. The van der Waals surface area contributed by atoms with Crippen molar-refractivity contribution < 1.29 is 4.74 Å². The maximum Gasteiger partial charge on any atom is 0.119 e. The highest BCUT2D eigenvalue weighted by molar-refractivity contribution is 5.77. The van der Waals surface area contributed by atoms with Gasteiger partial charge < -0.3 is 15.4 Å². The van der Waals surface area contributed by atoms with Gasteiger partial charge in [-0.25, -0.2) is 0 Å². The van der Waals surface area contributed by atoms with Crippen molar-refractivity contribution in [3.63, 3.8) is 0 Å². The highest BCUT2D eigenvalue weighted by Crippen LogP contribution is 2.19. The van der Waals surface area contributed by atoms with Crippen molar-refractivity contribution in [2.45, 2.75) is 13.0 Å². The summed E-state index contributed by atoms with van der Waals surface area (Å²) in [6.45, 7) is 1.48. The molecule has 2 rings (SSSR count). The minimum Gasteiger partial charge on any atom is -0.497 e. The number of nitrogens with zero attached hydrogens (tertiary/aromatic N) is 1. The summed E-state index contributed by atoms with van der Waals surface area (Å²) in [6.07, 6.45) is 0.554. The monoisotopic (exact) mass is 283 g/mol. The Morgan fingerprint density at radius 3 is 2.57 bits per heavy atom. The molecule has 0 heterocycles. The molecule has 0 spiro atoms. The fourth-order valence-electron chi connectivity index (χ4n) is 2.18. The van der Waals surface area contributed by atoms with Crippen LogP contribution in [0.4, 0.5) is 5.69 Å². The van der Waals surface area contributed by atoms with Crippen LogP contribution in [-0.4, -0.2) is 19.5 Å². The summed E-state index contributed by atoms with van der Waals surface area (Å²) >= 11 is 0. The number of hydrogen-bond acceptors (Lipinski definition) is 3. The van der Waals surface area contributed by atoms with Crippen molar-refractivity contribution in [2.75, 3.05) is 18.6 Å². The Labute approximate surface area is 125 Å². The van der Waals surface area contributed by atoms with Gasteiger partial charge in [0.2, 0.25) is 0 Å². The molecule has 0 aliphatic carbocycles. The molecule has 0 unspecified atom stereocenters. The number of nitrogens with two attached hydrogens (primary N) is 1. The van der Waals surface area contributed by atoms with Crippen LogP contribution < -0.4 is 15.4 Å². The van der Waals surface area contributed by atoms with Gasteiger partial charge in [0.15, 0.2) is 0 Å². The Morgan fingerprint density at radius 2 is 1.90 bits per heavy atom. The third kappa shape index (κ3) is 4.53. The number of benzene rings is 2. The van der Waals surface area contributed by atoms with Gasteiger partial charge in [-0.3, -0.25) is 5.41 Å². The molecule has 0 bridgehead atoms. The van der Waals surface area contributed by atoms with E-state index in [-0.39, 0.29) is 5.84 Å². The van der Waals surface area contributed by atoms with E-state index in [1.807, 2.05) is 36.4 Å². The SMILES string of the molecule is COc1cccc(CN(CCC(=N)N)c2ccccc2)c1. The van der Waals surface area contributed by atoms with Crippen molar-refractivity contribution in [3.05, 3.63) is 60.2 Å². The van der Waals surface area contributed by atoms with Crippen LogP contribution in [0.3, 0.4) is 0 Å². The van der Waals surface area contributed by atoms with Gasteiger partial charge in [0, 0.05) is 25.2 Å². The molecule has 4 nitrogen and oxygen atoms in total. The molecular formula is C17H21N3O. The zero-order chi connectivity index (χ0) is 15.1. The van der Waals surface area contributed by atoms with E-state index in [1.165, 1.54) is 5.56 Å². The van der Waals surface area contributed by atoms with Crippen LogP contribution in [0.25, 0.3) is 0 Å². The highest BCUT2D eigenvalue weighted by Gasteiger charge is 2.08. The van der Waals surface area contributed by atoms with E-state index in [9.17, 15) is 0 Å². The summed E-state index contributed by atoms with van der Waals surface area (Å²) in [5.74, 6) is 1.06. The Kier molecular flexibility index (Phi) is 5.21. The van der Waals surface area contributed by atoms with Crippen LogP contribution in [0.15, 0.2) is 54.6 Å². The molecule has 0 saturated heterocycles. The normalized spacial score (nSPS) is 10.1. The second kappa shape index (κ2) is 7.33. The zero-order valence-electron chi connectivity index (χ0n) is 12.3. The first kappa shape index (κ1) is 14.9. The second-order valence-electron chi connectivity index (χ2n) is 4.88. The average molecular weight is 283 g/mol. The van der Waals surface area contributed by atoms with Crippen LogP contribution >= 0.6 is 0 Å². The summed E-state index contributed by atoms with van der Waals surface area (Å²) in [5, 5.41) is 7.42. The predicted octanol–water partition coefficient (Wildman–Crippen LogP) is 3.03. The Bertz CT molecular complexity index is 584. The summed E-state index contributed by atoms with van der Waals surface area (Å²) < 4.78 is 5.27. The standard InChI is InChI=1S/C17H21N3O/c1-21-16-9-5-6-14(12-16)13-20(11-10-17(18)19)15-7-3-2-4-8-15/h2-9,12H,10-11,13H2,1H3,(H3,18,19). The van der Waals surface area contributed by atoms with Crippen molar-refractivity contribution in [3.8, 4) is 5.75 Å².